The average molecular weight is 273 g/mol. The van der Waals surface area contributed by atoms with Gasteiger partial charge >= 0.3 is 0 Å². The van der Waals surface area contributed by atoms with Gasteiger partial charge in [0.05, 0.1) is 23.5 Å². The van der Waals surface area contributed by atoms with Crippen molar-refractivity contribution in [1.29, 1.82) is 5.26 Å². The zero-order valence-electron chi connectivity index (χ0n) is 12.5. The van der Waals surface area contributed by atoms with Crippen molar-refractivity contribution in [3.8, 4) is 6.07 Å². The van der Waals surface area contributed by atoms with Crippen LogP contribution in [0.3, 0.4) is 0 Å². The number of nitrogens with zero attached hydrogens (tertiary/aromatic N) is 2. The van der Waals surface area contributed by atoms with Gasteiger partial charge < -0.3 is 15.0 Å². The highest BCUT2D eigenvalue weighted by atomic mass is 16.5. The SMILES string of the molecule is CCNCc1ccc(N2C[C@@H](C)O[C@@H](C)C2)c(C#N)c1. The second kappa shape index (κ2) is 6.74. The number of hydrogen-bond acceptors (Lipinski definition) is 4. The molecule has 1 aromatic carbocycles. The van der Waals surface area contributed by atoms with Crippen molar-refractivity contribution in [3.63, 3.8) is 0 Å². The maximum Gasteiger partial charge on any atom is 0.101 e. The fraction of sp³-hybridized carbons (Fsp3) is 0.562. The van der Waals surface area contributed by atoms with Crippen molar-refractivity contribution in [2.24, 2.45) is 0 Å². The van der Waals surface area contributed by atoms with E-state index in [9.17, 15) is 5.26 Å². The van der Waals surface area contributed by atoms with Gasteiger partial charge in [0.1, 0.15) is 6.07 Å². The molecule has 1 aliphatic rings. The topological polar surface area (TPSA) is 48.3 Å². The molecule has 0 saturated carbocycles. The van der Waals surface area contributed by atoms with E-state index in [1.807, 2.05) is 6.07 Å². The highest BCUT2D eigenvalue weighted by Crippen LogP contribution is 2.25. The molecule has 0 bridgehead atoms. The summed E-state index contributed by atoms with van der Waals surface area (Å²) < 4.78 is 5.75. The fourth-order valence-electron chi connectivity index (χ4n) is 2.70. The highest BCUT2D eigenvalue weighted by molar-refractivity contribution is 5.61. The van der Waals surface area contributed by atoms with Gasteiger partial charge in [-0.2, -0.15) is 5.26 Å². The van der Waals surface area contributed by atoms with E-state index in [1.165, 1.54) is 0 Å². The number of morpholine rings is 1. The predicted octanol–water partition coefficient (Wildman–Crippen LogP) is 2.28. The first-order valence-corrected chi connectivity index (χ1v) is 7.28. The molecule has 0 radical (unpaired) electrons. The number of anilines is 1. The number of rotatable bonds is 4. The van der Waals surface area contributed by atoms with Crippen LogP contribution in [0.5, 0.6) is 0 Å². The minimum Gasteiger partial charge on any atom is -0.372 e. The van der Waals surface area contributed by atoms with Crippen LogP contribution in [0.15, 0.2) is 18.2 Å². The Morgan fingerprint density at radius 3 is 2.65 bits per heavy atom. The van der Waals surface area contributed by atoms with Gasteiger partial charge in [0.15, 0.2) is 0 Å². The predicted molar refractivity (Wildman–Crippen MR) is 80.8 cm³/mol. The number of hydrogen-bond donors (Lipinski definition) is 1. The molecule has 4 heteroatoms. The molecule has 1 fully saturated rings. The van der Waals surface area contributed by atoms with E-state index >= 15 is 0 Å². The van der Waals surface area contributed by atoms with E-state index in [1.54, 1.807) is 0 Å². The van der Waals surface area contributed by atoms with Gasteiger partial charge in [-0.25, -0.2) is 0 Å². The number of ether oxygens (including phenoxy) is 1. The first kappa shape index (κ1) is 14.8. The molecule has 0 spiro atoms. The molecular weight excluding hydrogens is 250 g/mol. The van der Waals surface area contributed by atoms with Crippen LogP contribution in [-0.4, -0.2) is 31.8 Å². The summed E-state index contributed by atoms with van der Waals surface area (Å²) in [5, 5.41) is 12.7. The first-order valence-electron chi connectivity index (χ1n) is 7.28. The molecule has 2 atom stereocenters. The Balaban J connectivity index is 2.21. The van der Waals surface area contributed by atoms with Crippen LogP contribution >= 0.6 is 0 Å². The smallest absolute Gasteiger partial charge is 0.101 e. The summed E-state index contributed by atoms with van der Waals surface area (Å²) in [5.74, 6) is 0. The third-order valence-corrected chi connectivity index (χ3v) is 3.52. The summed E-state index contributed by atoms with van der Waals surface area (Å²) in [4.78, 5) is 2.26. The quantitative estimate of drug-likeness (QED) is 0.914. The number of benzene rings is 1. The standard InChI is InChI=1S/C16H23N3O/c1-4-18-9-14-5-6-16(15(7-14)8-17)19-10-12(2)20-13(3)11-19/h5-7,12-13,18H,4,9-11H2,1-3H3/t12-,13+. The van der Waals surface area contributed by atoms with Crippen molar-refractivity contribution in [2.45, 2.75) is 39.5 Å². The van der Waals surface area contributed by atoms with Gasteiger partial charge in [0, 0.05) is 19.6 Å². The van der Waals surface area contributed by atoms with Gasteiger partial charge in [0.25, 0.3) is 0 Å². The van der Waals surface area contributed by atoms with Gasteiger partial charge in [0.2, 0.25) is 0 Å². The summed E-state index contributed by atoms with van der Waals surface area (Å²) in [6, 6.07) is 8.48. The van der Waals surface area contributed by atoms with Gasteiger partial charge in [-0.15, -0.1) is 0 Å². The van der Waals surface area contributed by atoms with E-state index in [4.69, 9.17) is 4.74 Å². The average Bonchev–Trinajstić information content (AvgIpc) is 2.43. The van der Waals surface area contributed by atoms with Crippen molar-refractivity contribution in [3.05, 3.63) is 29.3 Å². The molecule has 2 rings (SSSR count). The molecule has 0 amide bonds. The van der Waals surface area contributed by atoms with Crippen molar-refractivity contribution in [2.75, 3.05) is 24.5 Å². The van der Waals surface area contributed by atoms with Gasteiger partial charge in [-0.05, 0) is 38.1 Å². The van der Waals surface area contributed by atoms with E-state index in [0.29, 0.717) is 0 Å². The lowest BCUT2D eigenvalue weighted by Gasteiger charge is -2.37. The molecule has 1 aliphatic heterocycles. The molecule has 1 N–H and O–H groups in total. The fourth-order valence-corrected chi connectivity index (χ4v) is 2.70. The second-order valence-electron chi connectivity index (χ2n) is 5.41. The minimum atomic E-state index is 0.201. The maximum atomic E-state index is 9.40. The summed E-state index contributed by atoms with van der Waals surface area (Å²) in [5.41, 5.74) is 2.93. The number of nitrogens with one attached hydrogen (secondary N) is 1. The lowest BCUT2D eigenvalue weighted by Crippen LogP contribution is -2.45. The van der Waals surface area contributed by atoms with Crippen LogP contribution in [0, 0.1) is 11.3 Å². The third-order valence-electron chi connectivity index (χ3n) is 3.52. The van der Waals surface area contributed by atoms with E-state index in [0.717, 1.165) is 43.0 Å². The van der Waals surface area contributed by atoms with Crippen LogP contribution in [0.1, 0.15) is 31.9 Å². The van der Waals surface area contributed by atoms with E-state index in [-0.39, 0.29) is 12.2 Å². The molecule has 1 heterocycles. The Bertz CT molecular complexity index is 485. The summed E-state index contributed by atoms with van der Waals surface area (Å²) in [7, 11) is 0. The van der Waals surface area contributed by atoms with Crippen LogP contribution in [0.4, 0.5) is 5.69 Å². The van der Waals surface area contributed by atoms with Crippen LogP contribution in [0.2, 0.25) is 0 Å². The monoisotopic (exact) mass is 273 g/mol. The third kappa shape index (κ3) is 3.50. The van der Waals surface area contributed by atoms with Gasteiger partial charge in [-0.3, -0.25) is 0 Å². The first-order chi connectivity index (χ1) is 9.63. The van der Waals surface area contributed by atoms with Crippen LogP contribution < -0.4 is 10.2 Å². The molecule has 0 aromatic heterocycles. The lowest BCUT2D eigenvalue weighted by molar-refractivity contribution is -0.00522. The Morgan fingerprint density at radius 2 is 2.05 bits per heavy atom. The van der Waals surface area contributed by atoms with Crippen molar-refractivity contribution in [1.82, 2.24) is 5.32 Å². The Morgan fingerprint density at radius 1 is 1.35 bits per heavy atom. The Hall–Kier alpha value is -1.57. The van der Waals surface area contributed by atoms with E-state index < -0.39 is 0 Å². The summed E-state index contributed by atoms with van der Waals surface area (Å²) in [6.07, 6.45) is 0.401. The van der Waals surface area contributed by atoms with Crippen molar-refractivity contribution < 1.29 is 4.74 Å². The molecule has 1 aromatic rings. The molecule has 0 aliphatic carbocycles. The van der Waals surface area contributed by atoms with Crippen LogP contribution in [0.25, 0.3) is 0 Å². The highest BCUT2D eigenvalue weighted by Gasteiger charge is 2.24. The molecule has 108 valence electrons. The summed E-state index contributed by atoms with van der Waals surface area (Å²) in [6.45, 7) is 9.65. The maximum absolute atomic E-state index is 9.40. The molecule has 4 nitrogen and oxygen atoms in total. The van der Waals surface area contributed by atoms with Gasteiger partial charge in [-0.1, -0.05) is 13.0 Å². The molecule has 20 heavy (non-hydrogen) atoms. The van der Waals surface area contributed by atoms with E-state index in [2.05, 4.69) is 49.2 Å². The zero-order valence-corrected chi connectivity index (χ0v) is 12.5. The minimum absolute atomic E-state index is 0.201. The summed E-state index contributed by atoms with van der Waals surface area (Å²) >= 11 is 0. The number of nitriles is 1. The normalized spacial score (nSPS) is 22.6. The van der Waals surface area contributed by atoms with Crippen LogP contribution in [-0.2, 0) is 11.3 Å². The molecule has 0 unspecified atom stereocenters. The molecule has 1 saturated heterocycles. The zero-order chi connectivity index (χ0) is 14.5. The largest absolute Gasteiger partial charge is 0.372 e. The Labute approximate surface area is 121 Å². The lowest BCUT2D eigenvalue weighted by atomic mass is 10.1. The molecular formula is C16H23N3O. The Kier molecular flexibility index (Phi) is 4.99. The second-order valence-corrected chi connectivity index (χ2v) is 5.41. The van der Waals surface area contributed by atoms with Crippen molar-refractivity contribution >= 4 is 5.69 Å².